The number of halogens is 3. The number of nitrogens with one attached hydrogen (secondary N) is 1. The van der Waals surface area contributed by atoms with Crippen LogP contribution in [0.2, 0.25) is 0 Å². The van der Waals surface area contributed by atoms with Crippen molar-refractivity contribution >= 4 is 52.6 Å². The Morgan fingerprint density at radius 2 is 1.62 bits per heavy atom. The van der Waals surface area contributed by atoms with Crippen LogP contribution in [0.3, 0.4) is 0 Å². The lowest BCUT2D eigenvalue weighted by Gasteiger charge is -2.28. The van der Waals surface area contributed by atoms with Crippen molar-refractivity contribution in [2.45, 2.75) is 17.2 Å². The smallest absolute Gasteiger partial charge is 0.326 e. The minimum Gasteiger partial charge on any atom is -0.454 e. The van der Waals surface area contributed by atoms with Crippen LogP contribution in [-0.4, -0.2) is 52.5 Å². The van der Waals surface area contributed by atoms with Gasteiger partial charge in [0.15, 0.2) is 6.61 Å². The first kappa shape index (κ1) is 20.1. The van der Waals surface area contributed by atoms with Gasteiger partial charge in [-0.05, 0) is 42.5 Å². The third kappa shape index (κ3) is 3.48. The molecular weight excluding hydrogens is 426 g/mol. The van der Waals surface area contributed by atoms with Crippen molar-refractivity contribution in [1.82, 2.24) is 4.90 Å². The minimum atomic E-state index is -0.877. The fourth-order valence-electron chi connectivity index (χ4n) is 4.62. The first-order valence-electron chi connectivity index (χ1n) is 9.12. The van der Waals surface area contributed by atoms with E-state index in [4.69, 9.17) is 27.9 Å². The molecule has 1 aromatic rings. The van der Waals surface area contributed by atoms with Crippen molar-refractivity contribution in [1.29, 1.82) is 0 Å². The summed E-state index contributed by atoms with van der Waals surface area (Å²) in [5.74, 6) is -4.26. The van der Waals surface area contributed by atoms with Crippen LogP contribution in [0.5, 0.6) is 0 Å². The van der Waals surface area contributed by atoms with Gasteiger partial charge in [0.1, 0.15) is 12.4 Å². The number of ether oxygens (including phenoxy) is 1. The lowest BCUT2D eigenvalue weighted by atomic mass is 9.80. The molecule has 29 heavy (non-hydrogen) atoms. The molecule has 6 atom stereocenters. The second-order valence-corrected chi connectivity index (χ2v) is 8.49. The molecule has 1 N–H and O–H groups in total. The quantitative estimate of drug-likeness (QED) is 0.426. The maximum atomic E-state index is 12.9. The summed E-state index contributed by atoms with van der Waals surface area (Å²) in [7, 11) is 0. The zero-order valence-corrected chi connectivity index (χ0v) is 16.5. The summed E-state index contributed by atoms with van der Waals surface area (Å²) in [6.45, 7) is -1.16. The van der Waals surface area contributed by atoms with Gasteiger partial charge in [0, 0.05) is 5.69 Å². The Kier molecular flexibility index (Phi) is 5.25. The number of amides is 3. The number of fused-ring (bicyclic) bond motifs is 5. The highest BCUT2D eigenvalue weighted by Gasteiger charge is 2.66. The molecule has 3 amide bonds. The van der Waals surface area contributed by atoms with Crippen molar-refractivity contribution in [3.63, 3.8) is 0 Å². The molecule has 2 bridgehead atoms. The van der Waals surface area contributed by atoms with E-state index in [1.807, 2.05) is 0 Å². The molecule has 7 nitrogen and oxygen atoms in total. The highest BCUT2D eigenvalue weighted by Crippen LogP contribution is 2.59. The Labute approximate surface area is 175 Å². The van der Waals surface area contributed by atoms with E-state index in [1.54, 1.807) is 0 Å². The summed E-state index contributed by atoms with van der Waals surface area (Å²) in [4.78, 5) is 50.1. The molecule has 0 spiro atoms. The number of alkyl halides is 2. The first-order chi connectivity index (χ1) is 13.8. The normalized spacial score (nSPS) is 32.4. The molecule has 1 aliphatic heterocycles. The monoisotopic (exact) mass is 442 g/mol. The van der Waals surface area contributed by atoms with Gasteiger partial charge in [0.2, 0.25) is 11.8 Å². The van der Waals surface area contributed by atoms with Gasteiger partial charge in [-0.15, -0.1) is 23.2 Å². The van der Waals surface area contributed by atoms with E-state index in [-0.39, 0.29) is 22.6 Å². The molecule has 4 rings (SSSR count). The summed E-state index contributed by atoms with van der Waals surface area (Å²) >= 11 is 12.6. The highest BCUT2D eigenvalue weighted by atomic mass is 35.5. The molecule has 0 aromatic heterocycles. The number of hydrogen-bond donors (Lipinski definition) is 1. The maximum absolute atomic E-state index is 12.9. The molecule has 3 aliphatic rings. The first-order valence-corrected chi connectivity index (χ1v) is 9.99. The average Bonchev–Trinajstić information content (AvgIpc) is 3.29. The number of likely N-dealkylation sites (tertiary alicyclic amines) is 1. The van der Waals surface area contributed by atoms with Crippen LogP contribution in [0.15, 0.2) is 24.3 Å². The lowest BCUT2D eigenvalue weighted by Crippen LogP contribution is -2.38. The summed E-state index contributed by atoms with van der Waals surface area (Å²) in [5, 5.41) is 1.69. The number of esters is 1. The fourth-order valence-corrected chi connectivity index (χ4v) is 5.51. The van der Waals surface area contributed by atoms with E-state index in [0.29, 0.717) is 12.1 Å². The molecule has 2 saturated carbocycles. The van der Waals surface area contributed by atoms with E-state index in [0.717, 1.165) is 4.90 Å². The summed E-state index contributed by atoms with van der Waals surface area (Å²) in [6, 6.07) is 5.07. The Morgan fingerprint density at radius 1 is 1.07 bits per heavy atom. The molecular formula is C19H17Cl2FN2O5. The molecule has 3 fully saturated rings. The molecule has 1 heterocycles. The van der Waals surface area contributed by atoms with Gasteiger partial charge in [-0.1, -0.05) is 0 Å². The topological polar surface area (TPSA) is 92.8 Å². The van der Waals surface area contributed by atoms with E-state index >= 15 is 0 Å². The van der Waals surface area contributed by atoms with Gasteiger partial charge in [0.05, 0.1) is 22.6 Å². The molecule has 154 valence electrons. The Balaban J connectivity index is 1.31. The van der Waals surface area contributed by atoms with Crippen molar-refractivity contribution < 1.29 is 28.3 Å². The standard InChI is InChI=1S/C19H17Cl2FN2O5/c20-16-10-5-11(17(16)21)15-14(10)18(27)24(19(15)28)6-13(26)29-7-12(25)23-9-3-1-8(22)2-4-9/h1-4,10-11,14-17H,5-7H2,(H,23,25)/t10-,11-,14-,15+,16+,17+/m1/s1. The van der Waals surface area contributed by atoms with E-state index in [1.165, 1.54) is 24.3 Å². The van der Waals surface area contributed by atoms with E-state index < -0.39 is 54.5 Å². The number of carbonyl (C=O) groups excluding carboxylic acids is 4. The number of rotatable bonds is 5. The molecule has 0 unspecified atom stereocenters. The molecule has 0 radical (unpaired) electrons. The largest absolute Gasteiger partial charge is 0.454 e. The van der Waals surface area contributed by atoms with Crippen molar-refractivity contribution in [2.75, 3.05) is 18.5 Å². The molecule has 2 aliphatic carbocycles. The Bertz CT molecular complexity index is 848. The number of nitrogens with zero attached hydrogens (tertiary/aromatic N) is 1. The van der Waals surface area contributed by atoms with Crippen LogP contribution in [0.1, 0.15) is 6.42 Å². The van der Waals surface area contributed by atoms with Crippen LogP contribution in [0.4, 0.5) is 10.1 Å². The third-order valence-corrected chi connectivity index (χ3v) is 7.18. The van der Waals surface area contributed by atoms with E-state index in [9.17, 15) is 23.6 Å². The lowest BCUT2D eigenvalue weighted by molar-refractivity contribution is -0.154. The highest BCUT2D eigenvalue weighted by molar-refractivity contribution is 6.31. The number of imide groups is 1. The minimum absolute atomic E-state index is 0.173. The second kappa shape index (κ2) is 7.57. The van der Waals surface area contributed by atoms with Gasteiger partial charge in [-0.2, -0.15) is 0 Å². The van der Waals surface area contributed by atoms with Crippen molar-refractivity contribution in [2.24, 2.45) is 23.7 Å². The zero-order valence-electron chi connectivity index (χ0n) is 15.0. The van der Waals surface area contributed by atoms with Crippen LogP contribution >= 0.6 is 23.2 Å². The fraction of sp³-hybridized carbons (Fsp3) is 0.474. The Morgan fingerprint density at radius 3 is 2.17 bits per heavy atom. The predicted octanol–water partition coefficient (Wildman–Crippen LogP) is 1.77. The summed E-state index contributed by atoms with van der Waals surface area (Å²) in [5.41, 5.74) is 0.340. The molecule has 1 aromatic carbocycles. The van der Waals surface area contributed by atoms with Crippen molar-refractivity contribution in [3.05, 3.63) is 30.1 Å². The number of anilines is 1. The predicted molar refractivity (Wildman–Crippen MR) is 101 cm³/mol. The van der Waals surface area contributed by atoms with Gasteiger partial charge < -0.3 is 10.1 Å². The summed E-state index contributed by atoms with van der Waals surface area (Å²) < 4.78 is 17.7. The maximum Gasteiger partial charge on any atom is 0.326 e. The summed E-state index contributed by atoms with van der Waals surface area (Å²) in [6.07, 6.45) is 0.636. The molecule has 10 heteroatoms. The number of carbonyl (C=O) groups is 4. The number of hydrogen-bond acceptors (Lipinski definition) is 5. The van der Waals surface area contributed by atoms with Gasteiger partial charge in [-0.3, -0.25) is 24.1 Å². The SMILES string of the molecule is O=C(COC(=O)CN1C(=O)[C@@H]2[C@H]3C[C@@H]([C@H](Cl)[C@H]3Cl)[C@@H]2C1=O)Nc1ccc(F)cc1. The van der Waals surface area contributed by atoms with Crippen molar-refractivity contribution in [3.8, 4) is 0 Å². The zero-order chi connectivity index (χ0) is 20.9. The van der Waals surface area contributed by atoms with Crippen LogP contribution < -0.4 is 5.32 Å². The molecule has 1 saturated heterocycles. The second-order valence-electron chi connectivity index (χ2n) is 7.48. The Hall–Kier alpha value is -2.19. The van der Waals surface area contributed by atoms with Crippen LogP contribution in [0.25, 0.3) is 0 Å². The van der Waals surface area contributed by atoms with Gasteiger partial charge in [-0.25, -0.2) is 4.39 Å². The van der Waals surface area contributed by atoms with Crippen LogP contribution in [-0.2, 0) is 23.9 Å². The van der Waals surface area contributed by atoms with Crippen LogP contribution in [0, 0.1) is 29.5 Å². The average molecular weight is 443 g/mol. The van der Waals surface area contributed by atoms with Gasteiger partial charge in [0.25, 0.3) is 5.91 Å². The number of benzene rings is 1. The van der Waals surface area contributed by atoms with Gasteiger partial charge >= 0.3 is 5.97 Å². The van der Waals surface area contributed by atoms with E-state index in [2.05, 4.69) is 5.32 Å². The third-order valence-electron chi connectivity index (χ3n) is 5.86.